The highest BCUT2D eigenvalue weighted by Crippen LogP contribution is 2.38. The van der Waals surface area contributed by atoms with E-state index in [-0.39, 0.29) is 13.2 Å². The Hall–Kier alpha value is -0.680. The van der Waals surface area contributed by atoms with Gasteiger partial charge in [0.2, 0.25) is 6.33 Å². The molecule has 0 N–H and O–H groups in total. The molecule has 0 fully saturated rings. The summed E-state index contributed by atoms with van der Waals surface area (Å²) in [5.41, 5.74) is 0. The Kier molecular flexibility index (Phi) is 23.6. The van der Waals surface area contributed by atoms with Crippen molar-refractivity contribution in [1.29, 1.82) is 0 Å². The number of unbranched alkanes of at least 4 members (excludes halogenated alkanes) is 13. The summed E-state index contributed by atoms with van der Waals surface area (Å²) in [7, 11) is -3.98. The quantitative estimate of drug-likeness (QED) is 0.0931. The Bertz CT molecular complexity index is 583. The highest BCUT2D eigenvalue weighted by Gasteiger charge is 2.06. The lowest BCUT2D eigenvalue weighted by atomic mass is 10.0. The summed E-state index contributed by atoms with van der Waals surface area (Å²) < 4.78 is 24.2. The van der Waals surface area contributed by atoms with Crippen molar-refractivity contribution in [1.82, 2.24) is 4.57 Å². The van der Waals surface area contributed by atoms with E-state index >= 15 is 0 Å². The third-order valence-corrected chi connectivity index (χ3v) is 6.79. The van der Waals surface area contributed by atoms with Crippen molar-refractivity contribution in [2.24, 2.45) is 0 Å². The first-order valence-corrected chi connectivity index (χ1v) is 15.6. The van der Waals surface area contributed by atoms with Gasteiger partial charge in [-0.05, 0) is 32.6 Å². The molecule has 0 aromatic carbocycles. The maximum absolute atomic E-state index is 10.7. The number of hydrogen-bond donors (Lipinski definition) is 0. The van der Waals surface area contributed by atoms with Crippen LogP contribution >= 0.6 is 7.82 Å². The van der Waals surface area contributed by atoms with Crippen LogP contribution in [0.15, 0.2) is 18.7 Å². The van der Waals surface area contributed by atoms with Gasteiger partial charge in [0.15, 0.2) is 0 Å². The summed E-state index contributed by atoms with van der Waals surface area (Å²) in [6, 6.07) is 0. The maximum Gasteiger partial charge on any atom is 0.267 e. The zero-order valence-corrected chi connectivity index (χ0v) is 23.7. The molecular formula is C27H55N2O4P. The molecule has 6 nitrogen and oxygen atoms in total. The van der Waals surface area contributed by atoms with Crippen molar-refractivity contribution >= 4 is 7.82 Å². The van der Waals surface area contributed by atoms with Gasteiger partial charge in [-0.25, -0.2) is 9.13 Å². The van der Waals surface area contributed by atoms with Crippen LogP contribution in [0.3, 0.4) is 0 Å². The van der Waals surface area contributed by atoms with Gasteiger partial charge in [-0.2, -0.15) is 0 Å². The monoisotopic (exact) mass is 502 g/mol. The van der Waals surface area contributed by atoms with Crippen molar-refractivity contribution in [2.45, 2.75) is 144 Å². The molecular weight excluding hydrogens is 447 g/mol. The minimum atomic E-state index is -3.98. The van der Waals surface area contributed by atoms with E-state index in [9.17, 15) is 9.46 Å². The van der Waals surface area contributed by atoms with E-state index < -0.39 is 7.82 Å². The summed E-state index contributed by atoms with van der Waals surface area (Å²) in [6.45, 7) is 10.8. The van der Waals surface area contributed by atoms with Crippen molar-refractivity contribution < 1.29 is 23.1 Å². The Morgan fingerprint density at radius 1 is 0.706 bits per heavy atom. The van der Waals surface area contributed by atoms with E-state index in [2.05, 4.69) is 50.8 Å². The molecule has 7 heteroatoms. The number of hydrogen-bond acceptors (Lipinski definition) is 4. The van der Waals surface area contributed by atoms with Crippen LogP contribution in [0.2, 0.25) is 0 Å². The molecule has 0 radical (unpaired) electrons. The predicted octanol–water partition coefficient (Wildman–Crippen LogP) is 7.58. The largest absolute Gasteiger partial charge is 0.756 e. The van der Waals surface area contributed by atoms with Crippen LogP contribution in [0.25, 0.3) is 0 Å². The molecule has 1 rings (SSSR count). The SMILES string of the molecule is CCCCCCCCCCCCCCCC[n+]1ccn(CC)c1.CCCOP(=O)([O-])OCCC. The highest BCUT2D eigenvalue weighted by atomic mass is 31.2. The molecule has 0 saturated heterocycles. The number of imidazole rings is 1. The van der Waals surface area contributed by atoms with Crippen LogP contribution in [-0.2, 0) is 26.7 Å². The molecule has 1 aromatic heterocycles. The molecule has 1 heterocycles. The van der Waals surface area contributed by atoms with Gasteiger partial charge in [0.1, 0.15) is 12.4 Å². The molecule has 0 amide bonds. The number of phosphoric ester groups is 1. The first-order chi connectivity index (χ1) is 16.5. The van der Waals surface area contributed by atoms with E-state index in [4.69, 9.17) is 0 Å². The van der Waals surface area contributed by atoms with Gasteiger partial charge in [-0.1, -0.05) is 97.8 Å². The minimum absolute atomic E-state index is 0.199. The summed E-state index contributed by atoms with van der Waals surface area (Å²) in [4.78, 5) is 10.7. The molecule has 0 aliphatic rings. The molecule has 1 aromatic rings. The highest BCUT2D eigenvalue weighted by molar-refractivity contribution is 7.45. The van der Waals surface area contributed by atoms with Gasteiger partial charge in [0.25, 0.3) is 7.82 Å². The third kappa shape index (κ3) is 21.8. The normalized spacial score (nSPS) is 11.4. The van der Waals surface area contributed by atoms with Gasteiger partial charge in [-0.15, -0.1) is 0 Å². The number of aryl methyl sites for hydroxylation is 2. The molecule has 34 heavy (non-hydrogen) atoms. The van der Waals surface area contributed by atoms with E-state index in [1.165, 1.54) is 96.4 Å². The van der Waals surface area contributed by atoms with E-state index in [0.29, 0.717) is 12.8 Å². The summed E-state index contributed by atoms with van der Waals surface area (Å²) >= 11 is 0. The molecule has 0 aliphatic heterocycles. The van der Waals surface area contributed by atoms with Crippen LogP contribution in [-0.4, -0.2) is 17.8 Å². The molecule has 202 valence electrons. The van der Waals surface area contributed by atoms with Crippen LogP contribution < -0.4 is 9.46 Å². The molecule has 0 atom stereocenters. The standard InChI is InChI=1S/C21H41N2.C6H15O4P/c1-3-5-6-7-8-9-10-11-12-13-14-15-16-17-18-23-20-19-22(4-2)21-23;1-3-5-9-11(7,8)10-6-4-2/h19-21H,3-18H2,1-2H3;3-6H2,1-2H3,(H,7,8)/q+1;/p-1. The fourth-order valence-corrected chi connectivity index (χ4v) is 4.58. The fourth-order valence-electron chi connectivity index (χ4n) is 3.69. The van der Waals surface area contributed by atoms with Crippen LogP contribution in [0.4, 0.5) is 0 Å². The number of nitrogens with zero attached hydrogens (tertiary/aromatic N) is 2. The van der Waals surface area contributed by atoms with Crippen molar-refractivity contribution in [2.75, 3.05) is 13.2 Å². The predicted molar refractivity (Wildman–Crippen MR) is 141 cm³/mol. The molecule has 0 saturated carbocycles. The zero-order chi connectivity index (χ0) is 25.3. The van der Waals surface area contributed by atoms with E-state index in [1.807, 2.05) is 13.8 Å². The molecule has 0 spiro atoms. The second-order valence-electron chi connectivity index (χ2n) is 9.19. The molecule has 0 bridgehead atoms. The fraction of sp³-hybridized carbons (Fsp3) is 0.889. The topological polar surface area (TPSA) is 67.4 Å². The molecule has 0 aliphatic carbocycles. The van der Waals surface area contributed by atoms with Crippen LogP contribution in [0.5, 0.6) is 0 Å². The van der Waals surface area contributed by atoms with Gasteiger partial charge >= 0.3 is 0 Å². The second-order valence-corrected chi connectivity index (χ2v) is 10.6. The van der Waals surface area contributed by atoms with Gasteiger partial charge in [-0.3, -0.25) is 4.57 Å². The third-order valence-electron chi connectivity index (χ3n) is 5.79. The summed E-state index contributed by atoms with van der Waals surface area (Å²) in [5, 5.41) is 0. The number of aromatic nitrogens is 2. The Labute approximate surface area is 211 Å². The number of phosphoric acid groups is 1. The Balaban J connectivity index is 0.000000833. The van der Waals surface area contributed by atoms with E-state index in [1.54, 1.807) is 0 Å². The van der Waals surface area contributed by atoms with E-state index in [0.717, 1.165) is 6.54 Å². The van der Waals surface area contributed by atoms with Crippen molar-refractivity contribution in [3.05, 3.63) is 18.7 Å². The summed E-state index contributed by atoms with van der Waals surface area (Å²) in [6.07, 6.45) is 28.0. The first-order valence-electron chi connectivity index (χ1n) is 14.1. The Morgan fingerprint density at radius 2 is 1.15 bits per heavy atom. The molecule has 0 unspecified atom stereocenters. The van der Waals surface area contributed by atoms with Gasteiger partial charge in [0, 0.05) is 0 Å². The lowest BCUT2D eigenvalue weighted by molar-refractivity contribution is -0.696. The Morgan fingerprint density at radius 3 is 1.53 bits per heavy atom. The van der Waals surface area contributed by atoms with Crippen LogP contribution in [0, 0.1) is 0 Å². The maximum atomic E-state index is 10.7. The van der Waals surface area contributed by atoms with Crippen LogP contribution in [0.1, 0.15) is 130 Å². The smallest absolute Gasteiger partial charge is 0.267 e. The average Bonchev–Trinajstić information content (AvgIpc) is 3.30. The zero-order valence-electron chi connectivity index (χ0n) is 22.8. The van der Waals surface area contributed by atoms with Crippen molar-refractivity contribution in [3.8, 4) is 0 Å². The van der Waals surface area contributed by atoms with Crippen molar-refractivity contribution in [3.63, 3.8) is 0 Å². The summed E-state index contributed by atoms with van der Waals surface area (Å²) in [5.74, 6) is 0. The number of rotatable bonds is 22. The first kappa shape index (κ1) is 33.3. The lowest BCUT2D eigenvalue weighted by Gasteiger charge is -2.21. The van der Waals surface area contributed by atoms with Gasteiger partial charge < -0.3 is 13.9 Å². The lowest BCUT2D eigenvalue weighted by Crippen LogP contribution is -2.30. The second kappa shape index (κ2) is 24.0. The van der Waals surface area contributed by atoms with Gasteiger partial charge in [0.05, 0.1) is 26.3 Å². The average molecular weight is 503 g/mol. The minimum Gasteiger partial charge on any atom is -0.756 e.